The maximum atomic E-state index is 12.7. The average molecular weight is 394 g/mol. The Bertz CT molecular complexity index is 1440. The first-order valence-electron chi connectivity index (χ1n) is 9.74. The van der Waals surface area contributed by atoms with E-state index < -0.39 is 5.97 Å². The molecule has 2 heterocycles. The van der Waals surface area contributed by atoms with Crippen LogP contribution in [0.2, 0.25) is 0 Å². The highest BCUT2D eigenvalue weighted by atomic mass is 16.5. The number of benzene rings is 3. The van der Waals surface area contributed by atoms with E-state index in [9.17, 15) is 9.90 Å². The normalized spacial score (nSPS) is 11.2. The SMILES string of the molecule is CCOC(=O)c1cc(-c2ccc3ccccc3n2)c(O)c2cc3ccccc3nc12. The molecule has 0 bridgehead atoms. The Kier molecular flexibility index (Phi) is 4.29. The Morgan fingerprint density at radius 2 is 1.60 bits per heavy atom. The van der Waals surface area contributed by atoms with Crippen LogP contribution in [-0.4, -0.2) is 27.7 Å². The average Bonchev–Trinajstić information content (AvgIpc) is 2.78. The summed E-state index contributed by atoms with van der Waals surface area (Å²) in [6.45, 7) is 2.01. The molecule has 5 heteroatoms. The quantitative estimate of drug-likeness (QED) is 0.324. The van der Waals surface area contributed by atoms with Crippen LogP contribution < -0.4 is 0 Å². The number of pyridine rings is 2. The largest absolute Gasteiger partial charge is 0.507 e. The fourth-order valence-corrected chi connectivity index (χ4v) is 3.70. The van der Waals surface area contributed by atoms with Gasteiger partial charge in [0.05, 0.1) is 34.4 Å². The minimum atomic E-state index is -0.479. The van der Waals surface area contributed by atoms with Crippen LogP contribution in [0.3, 0.4) is 0 Å². The third-order valence-electron chi connectivity index (χ3n) is 5.15. The van der Waals surface area contributed by atoms with Crippen molar-refractivity contribution in [2.45, 2.75) is 6.92 Å². The third-order valence-corrected chi connectivity index (χ3v) is 5.15. The molecule has 0 aliphatic heterocycles. The van der Waals surface area contributed by atoms with Crippen LogP contribution in [0.1, 0.15) is 17.3 Å². The number of esters is 1. The van der Waals surface area contributed by atoms with Gasteiger partial charge in [-0.05, 0) is 37.3 Å². The van der Waals surface area contributed by atoms with E-state index in [4.69, 9.17) is 4.74 Å². The number of carbonyl (C=O) groups is 1. The van der Waals surface area contributed by atoms with Gasteiger partial charge in [-0.1, -0.05) is 42.5 Å². The molecule has 0 aliphatic rings. The molecule has 30 heavy (non-hydrogen) atoms. The number of fused-ring (bicyclic) bond motifs is 3. The van der Waals surface area contributed by atoms with Gasteiger partial charge in [0.1, 0.15) is 5.75 Å². The Morgan fingerprint density at radius 3 is 2.37 bits per heavy atom. The molecule has 3 aromatic carbocycles. The van der Waals surface area contributed by atoms with Crippen molar-refractivity contribution in [3.63, 3.8) is 0 Å². The summed E-state index contributed by atoms with van der Waals surface area (Å²) in [5.74, 6) is -0.439. The second kappa shape index (κ2) is 7.12. The molecule has 5 nitrogen and oxygen atoms in total. The zero-order chi connectivity index (χ0) is 20.7. The van der Waals surface area contributed by atoms with Crippen molar-refractivity contribution < 1.29 is 14.6 Å². The summed E-state index contributed by atoms with van der Waals surface area (Å²) in [5, 5.41) is 13.5. The molecular weight excluding hydrogens is 376 g/mol. The van der Waals surface area contributed by atoms with E-state index in [1.54, 1.807) is 13.0 Å². The van der Waals surface area contributed by atoms with Gasteiger partial charge in [0.25, 0.3) is 0 Å². The molecule has 0 spiro atoms. The molecule has 0 amide bonds. The van der Waals surface area contributed by atoms with E-state index in [2.05, 4.69) is 9.97 Å². The highest BCUT2D eigenvalue weighted by molar-refractivity contribution is 6.10. The van der Waals surface area contributed by atoms with Gasteiger partial charge in [0.2, 0.25) is 0 Å². The molecular formula is C25H18N2O3. The first-order chi connectivity index (χ1) is 14.7. The van der Waals surface area contributed by atoms with Gasteiger partial charge in [-0.3, -0.25) is 0 Å². The number of hydrogen-bond donors (Lipinski definition) is 1. The Balaban J connectivity index is 1.83. The summed E-state index contributed by atoms with van der Waals surface area (Å²) in [7, 11) is 0. The van der Waals surface area contributed by atoms with Crippen LogP contribution in [0.25, 0.3) is 44.0 Å². The monoisotopic (exact) mass is 394 g/mol. The first kappa shape index (κ1) is 18.1. The predicted molar refractivity (Wildman–Crippen MR) is 118 cm³/mol. The smallest absolute Gasteiger partial charge is 0.340 e. The number of hydrogen-bond acceptors (Lipinski definition) is 5. The standard InChI is InChI=1S/C25H18N2O3/c1-2-30-25(29)19-14-17(22-12-11-15-7-3-5-9-20(15)26-22)24(28)18-13-16-8-4-6-10-21(16)27-23(18)19/h3-14,28H,2H2,1H3. The fraction of sp³-hybridized carbons (Fsp3) is 0.0800. The summed E-state index contributed by atoms with van der Waals surface area (Å²) in [4.78, 5) is 22.1. The van der Waals surface area contributed by atoms with Gasteiger partial charge in [-0.2, -0.15) is 0 Å². The van der Waals surface area contributed by atoms with E-state index in [1.165, 1.54) is 0 Å². The van der Waals surface area contributed by atoms with E-state index in [0.29, 0.717) is 27.7 Å². The number of carbonyl (C=O) groups excluding carboxylic acids is 1. The lowest BCUT2D eigenvalue weighted by Crippen LogP contribution is -2.07. The molecule has 0 saturated carbocycles. The molecule has 5 aromatic rings. The topological polar surface area (TPSA) is 72.3 Å². The zero-order valence-corrected chi connectivity index (χ0v) is 16.3. The number of ether oxygens (including phenoxy) is 1. The molecule has 5 rings (SSSR count). The number of rotatable bonds is 3. The van der Waals surface area contributed by atoms with Crippen molar-refractivity contribution in [3.8, 4) is 17.0 Å². The lowest BCUT2D eigenvalue weighted by atomic mass is 9.99. The maximum Gasteiger partial charge on any atom is 0.340 e. The summed E-state index contributed by atoms with van der Waals surface area (Å²) >= 11 is 0. The van der Waals surface area contributed by atoms with Crippen molar-refractivity contribution >= 4 is 38.7 Å². The summed E-state index contributed by atoms with van der Waals surface area (Å²) in [6, 6.07) is 22.6. The summed E-state index contributed by atoms with van der Waals surface area (Å²) in [5.41, 5.74) is 3.31. The molecule has 0 saturated heterocycles. The van der Waals surface area contributed by atoms with Gasteiger partial charge in [0.15, 0.2) is 0 Å². The van der Waals surface area contributed by atoms with E-state index >= 15 is 0 Å². The van der Waals surface area contributed by atoms with Crippen LogP contribution in [-0.2, 0) is 4.74 Å². The molecule has 0 aliphatic carbocycles. The van der Waals surface area contributed by atoms with Gasteiger partial charge in [0, 0.05) is 21.7 Å². The number of para-hydroxylation sites is 2. The van der Waals surface area contributed by atoms with Crippen molar-refractivity contribution in [2.75, 3.05) is 6.61 Å². The number of phenolic OH excluding ortho intramolecular Hbond substituents is 1. The number of aromatic hydroxyl groups is 1. The van der Waals surface area contributed by atoms with E-state index in [0.717, 1.165) is 21.8 Å². The summed E-state index contributed by atoms with van der Waals surface area (Å²) < 4.78 is 5.27. The van der Waals surface area contributed by atoms with Crippen LogP contribution in [0.5, 0.6) is 5.75 Å². The number of aromatic nitrogens is 2. The second-order valence-corrected chi connectivity index (χ2v) is 7.01. The van der Waals surface area contributed by atoms with Gasteiger partial charge in [-0.25, -0.2) is 14.8 Å². The van der Waals surface area contributed by atoms with Gasteiger partial charge < -0.3 is 9.84 Å². The van der Waals surface area contributed by atoms with Crippen molar-refractivity contribution in [1.29, 1.82) is 0 Å². The van der Waals surface area contributed by atoms with Crippen molar-refractivity contribution in [2.24, 2.45) is 0 Å². The molecule has 0 radical (unpaired) electrons. The lowest BCUT2D eigenvalue weighted by molar-refractivity contribution is 0.0528. The second-order valence-electron chi connectivity index (χ2n) is 7.01. The number of phenols is 1. The molecule has 0 fully saturated rings. The van der Waals surface area contributed by atoms with Crippen molar-refractivity contribution in [3.05, 3.63) is 78.4 Å². The maximum absolute atomic E-state index is 12.7. The molecule has 2 aromatic heterocycles. The van der Waals surface area contributed by atoms with E-state index in [1.807, 2.05) is 66.7 Å². The number of nitrogens with zero attached hydrogens (tertiary/aromatic N) is 2. The summed E-state index contributed by atoms with van der Waals surface area (Å²) in [6.07, 6.45) is 0. The first-order valence-corrected chi connectivity index (χ1v) is 9.74. The Labute approximate surface area is 172 Å². The minimum Gasteiger partial charge on any atom is -0.507 e. The van der Waals surface area contributed by atoms with Crippen LogP contribution in [0.15, 0.2) is 72.8 Å². The van der Waals surface area contributed by atoms with Crippen LogP contribution in [0, 0.1) is 0 Å². The fourth-order valence-electron chi connectivity index (χ4n) is 3.70. The predicted octanol–water partition coefficient (Wildman–Crippen LogP) is 5.49. The van der Waals surface area contributed by atoms with Gasteiger partial charge in [-0.15, -0.1) is 0 Å². The lowest BCUT2D eigenvalue weighted by Gasteiger charge is -2.13. The molecule has 0 atom stereocenters. The van der Waals surface area contributed by atoms with E-state index in [-0.39, 0.29) is 12.4 Å². The third kappa shape index (κ3) is 2.92. The highest BCUT2D eigenvalue weighted by Gasteiger charge is 2.21. The van der Waals surface area contributed by atoms with Gasteiger partial charge >= 0.3 is 5.97 Å². The highest BCUT2D eigenvalue weighted by Crippen LogP contribution is 2.38. The minimum absolute atomic E-state index is 0.0408. The molecule has 0 unspecified atom stereocenters. The van der Waals surface area contributed by atoms with Crippen LogP contribution >= 0.6 is 0 Å². The Hall–Kier alpha value is -3.99. The molecule has 1 N–H and O–H groups in total. The van der Waals surface area contributed by atoms with Crippen molar-refractivity contribution in [1.82, 2.24) is 9.97 Å². The Morgan fingerprint density at radius 1 is 0.900 bits per heavy atom. The van der Waals surface area contributed by atoms with Crippen LogP contribution in [0.4, 0.5) is 0 Å². The zero-order valence-electron chi connectivity index (χ0n) is 16.3. The molecule has 146 valence electrons.